The molecular weight excluding hydrogens is 384 g/mol. The fraction of sp³-hybridized carbons (Fsp3) is 0.304. The third-order valence-electron chi connectivity index (χ3n) is 5.82. The van der Waals surface area contributed by atoms with E-state index >= 15 is 0 Å². The van der Waals surface area contributed by atoms with Crippen LogP contribution in [0.4, 0.5) is 0 Å². The number of carbonyl (C=O) groups is 2. The first-order chi connectivity index (χ1) is 14.0. The molecule has 0 atom stereocenters. The van der Waals surface area contributed by atoms with Crippen molar-refractivity contribution in [3.8, 4) is 10.4 Å². The number of piperazine rings is 1. The Morgan fingerprint density at radius 2 is 1.55 bits per heavy atom. The van der Waals surface area contributed by atoms with Gasteiger partial charge in [-0.2, -0.15) is 0 Å². The van der Waals surface area contributed by atoms with Crippen molar-refractivity contribution in [2.24, 2.45) is 0 Å². The number of benzene rings is 2. The van der Waals surface area contributed by atoms with Gasteiger partial charge < -0.3 is 14.9 Å². The molecule has 5 rings (SSSR count). The molecule has 2 aliphatic rings. The van der Waals surface area contributed by atoms with Crippen LogP contribution in [0.3, 0.4) is 0 Å². The Kier molecular flexibility index (Phi) is 4.41. The fourth-order valence-corrected chi connectivity index (χ4v) is 4.89. The Morgan fingerprint density at radius 1 is 0.897 bits per heavy atom. The van der Waals surface area contributed by atoms with Crippen molar-refractivity contribution in [1.82, 2.24) is 9.80 Å². The lowest BCUT2D eigenvalue weighted by Crippen LogP contribution is -2.53. The van der Waals surface area contributed by atoms with Crippen molar-refractivity contribution in [1.29, 1.82) is 0 Å². The van der Waals surface area contributed by atoms with Crippen LogP contribution in [-0.2, 0) is 4.79 Å². The van der Waals surface area contributed by atoms with E-state index in [9.17, 15) is 14.7 Å². The van der Waals surface area contributed by atoms with Crippen molar-refractivity contribution in [2.75, 3.05) is 26.2 Å². The molecule has 2 heterocycles. The van der Waals surface area contributed by atoms with Crippen LogP contribution in [0.15, 0.2) is 54.6 Å². The Balaban J connectivity index is 1.25. The molecule has 0 radical (unpaired) electrons. The van der Waals surface area contributed by atoms with Crippen LogP contribution in [0.1, 0.15) is 23.2 Å². The molecule has 6 heteroatoms. The molecule has 1 saturated carbocycles. The summed E-state index contributed by atoms with van der Waals surface area (Å²) >= 11 is 1.75. The van der Waals surface area contributed by atoms with Crippen LogP contribution in [0, 0.1) is 0 Å². The molecule has 1 aliphatic heterocycles. The number of hydrogen-bond donors (Lipinski definition) is 1. The SMILES string of the molecule is O=C(c1ccc(-c2cc3ccccc3s2)cc1)N1CCN(C(=O)C2(O)CC2)CC1. The average molecular weight is 407 g/mol. The summed E-state index contributed by atoms with van der Waals surface area (Å²) in [6, 6.07) is 18.3. The molecule has 2 fully saturated rings. The molecule has 0 spiro atoms. The normalized spacial score (nSPS) is 18.1. The first-order valence-electron chi connectivity index (χ1n) is 9.94. The first-order valence-corrected chi connectivity index (χ1v) is 10.8. The monoisotopic (exact) mass is 406 g/mol. The molecule has 0 bridgehead atoms. The summed E-state index contributed by atoms with van der Waals surface area (Å²) in [7, 11) is 0. The molecular formula is C23H22N2O3S. The molecule has 2 aromatic carbocycles. The molecule has 1 aromatic heterocycles. The van der Waals surface area contributed by atoms with E-state index < -0.39 is 5.60 Å². The van der Waals surface area contributed by atoms with Gasteiger partial charge in [0.1, 0.15) is 5.60 Å². The number of nitrogens with zero attached hydrogens (tertiary/aromatic N) is 2. The number of rotatable bonds is 3. The molecule has 2 amide bonds. The van der Waals surface area contributed by atoms with Gasteiger partial charge in [-0.3, -0.25) is 9.59 Å². The third-order valence-corrected chi connectivity index (χ3v) is 6.98. The van der Waals surface area contributed by atoms with Crippen LogP contribution < -0.4 is 0 Å². The minimum Gasteiger partial charge on any atom is -0.380 e. The molecule has 1 saturated heterocycles. The molecule has 1 aliphatic carbocycles. The average Bonchev–Trinajstić information content (AvgIpc) is 3.37. The highest BCUT2D eigenvalue weighted by Gasteiger charge is 2.50. The highest BCUT2D eigenvalue weighted by atomic mass is 32.1. The predicted molar refractivity (Wildman–Crippen MR) is 114 cm³/mol. The molecule has 5 nitrogen and oxygen atoms in total. The zero-order valence-electron chi connectivity index (χ0n) is 16.0. The maximum atomic E-state index is 12.8. The second-order valence-corrected chi connectivity index (χ2v) is 8.93. The zero-order valence-corrected chi connectivity index (χ0v) is 16.8. The van der Waals surface area contributed by atoms with Crippen molar-refractivity contribution >= 4 is 33.2 Å². The van der Waals surface area contributed by atoms with Crippen molar-refractivity contribution in [2.45, 2.75) is 18.4 Å². The van der Waals surface area contributed by atoms with Crippen LogP contribution >= 0.6 is 11.3 Å². The minimum atomic E-state index is -1.13. The lowest BCUT2D eigenvalue weighted by Gasteiger charge is -2.35. The second-order valence-electron chi connectivity index (χ2n) is 7.84. The fourth-order valence-electron chi connectivity index (χ4n) is 3.82. The minimum absolute atomic E-state index is 0.00915. The number of fused-ring (bicyclic) bond motifs is 1. The van der Waals surface area contributed by atoms with Gasteiger partial charge in [-0.15, -0.1) is 11.3 Å². The number of hydrogen-bond acceptors (Lipinski definition) is 4. The summed E-state index contributed by atoms with van der Waals surface area (Å²) in [5.41, 5.74) is 0.639. The summed E-state index contributed by atoms with van der Waals surface area (Å²) in [5.74, 6) is -0.192. The summed E-state index contributed by atoms with van der Waals surface area (Å²) in [4.78, 5) is 29.7. The second kappa shape index (κ2) is 6.97. The predicted octanol–water partition coefficient (Wildman–Crippen LogP) is 3.38. The van der Waals surface area contributed by atoms with E-state index in [1.807, 2.05) is 36.4 Å². The van der Waals surface area contributed by atoms with Gasteiger partial charge in [0.15, 0.2) is 0 Å². The number of carbonyl (C=O) groups excluding carboxylic acids is 2. The van der Waals surface area contributed by atoms with Crippen molar-refractivity contribution in [3.05, 3.63) is 60.2 Å². The topological polar surface area (TPSA) is 60.9 Å². The van der Waals surface area contributed by atoms with E-state index in [4.69, 9.17) is 0 Å². The van der Waals surface area contributed by atoms with Crippen LogP contribution in [0.2, 0.25) is 0 Å². The largest absolute Gasteiger partial charge is 0.380 e. The Morgan fingerprint density at radius 3 is 2.21 bits per heavy atom. The third kappa shape index (κ3) is 3.43. The highest BCUT2D eigenvalue weighted by molar-refractivity contribution is 7.22. The van der Waals surface area contributed by atoms with Crippen molar-refractivity contribution in [3.63, 3.8) is 0 Å². The number of thiophene rings is 1. The van der Waals surface area contributed by atoms with Gasteiger partial charge in [0.25, 0.3) is 11.8 Å². The molecule has 1 N–H and O–H groups in total. The van der Waals surface area contributed by atoms with E-state index in [-0.39, 0.29) is 11.8 Å². The van der Waals surface area contributed by atoms with E-state index in [0.717, 1.165) is 5.56 Å². The highest BCUT2D eigenvalue weighted by Crippen LogP contribution is 2.37. The van der Waals surface area contributed by atoms with Crippen molar-refractivity contribution < 1.29 is 14.7 Å². The Labute approximate surface area is 173 Å². The summed E-state index contributed by atoms with van der Waals surface area (Å²) < 4.78 is 1.26. The van der Waals surface area contributed by atoms with Gasteiger partial charge in [0.2, 0.25) is 0 Å². The number of amides is 2. The standard InChI is InChI=1S/C23H22N2O3S/c26-21(24-11-13-25(14-12-24)22(27)23(28)9-10-23)17-7-5-16(6-8-17)20-15-18-3-1-2-4-19(18)29-20/h1-8,15,28H,9-14H2. The van der Waals surface area contributed by atoms with Gasteiger partial charge in [0.05, 0.1) is 0 Å². The lowest BCUT2D eigenvalue weighted by molar-refractivity contribution is -0.143. The van der Waals surface area contributed by atoms with Gasteiger partial charge in [-0.05, 0) is 48.1 Å². The molecule has 3 aromatic rings. The van der Waals surface area contributed by atoms with Gasteiger partial charge in [-0.25, -0.2) is 0 Å². The number of aliphatic hydroxyl groups is 1. The molecule has 148 valence electrons. The van der Waals surface area contributed by atoms with E-state index in [0.29, 0.717) is 44.6 Å². The van der Waals surface area contributed by atoms with E-state index in [2.05, 4.69) is 18.2 Å². The maximum Gasteiger partial charge on any atom is 0.254 e. The quantitative estimate of drug-likeness (QED) is 0.725. The summed E-state index contributed by atoms with van der Waals surface area (Å²) in [5, 5.41) is 11.2. The maximum absolute atomic E-state index is 12.8. The van der Waals surface area contributed by atoms with Gasteiger partial charge in [0, 0.05) is 41.3 Å². The molecule has 0 unspecified atom stereocenters. The summed E-state index contributed by atoms with van der Waals surface area (Å²) in [6.07, 6.45) is 1.11. The lowest BCUT2D eigenvalue weighted by atomic mass is 10.1. The van der Waals surface area contributed by atoms with E-state index in [1.165, 1.54) is 15.0 Å². The van der Waals surface area contributed by atoms with Gasteiger partial charge in [-0.1, -0.05) is 30.3 Å². The zero-order chi connectivity index (χ0) is 20.0. The Bertz CT molecular complexity index is 1040. The van der Waals surface area contributed by atoms with Crippen LogP contribution in [-0.4, -0.2) is 58.5 Å². The Hall–Kier alpha value is -2.70. The smallest absolute Gasteiger partial charge is 0.254 e. The van der Waals surface area contributed by atoms with E-state index in [1.54, 1.807) is 21.1 Å². The van der Waals surface area contributed by atoms with Crippen LogP contribution in [0.25, 0.3) is 20.5 Å². The molecule has 29 heavy (non-hydrogen) atoms. The van der Waals surface area contributed by atoms with Gasteiger partial charge >= 0.3 is 0 Å². The van der Waals surface area contributed by atoms with Crippen LogP contribution in [0.5, 0.6) is 0 Å². The first kappa shape index (κ1) is 18.3. The summed E-state index contributed by atoms with van der Waals surface area (Å²) in [6.45, 7) is 1.96.